The first kappa shape index (κ1) is 10.4. The molecule has 0 aromatic heterocycles. The van der Waals surface area contributed by atoms with E-state index in [-0.39, 0.29) is 6.54 Å². The smallest absolute Gasteiger partial charge is 0.125 e. The van der Waals surface area contributed by atoms with E-state index in [0.717, 1.165) is 16.7 Å². The lowest BCUT2D eigenvalue weighted by Gasteiger charge is -2.14. The zero-order valence-corrected chi connectivity index (χ0v) is 8.69. The molecule has 0 radical (unpaired) electrons. The van der Waals surface area contributed by atoms with Crippen molar-refractivity contribution in [2.75, 3.05) is 13.7 Å². The number of ether oxygens (including phenoxy) is 2. The Balaban J connectivity index is 2.44. The zero-order valence-electron chi connectivity index (χ0n) is 8.69. The fourth-order valence-electron chi connectivity index (χ4n) is 1.79. The van der Waals surface area contributed by atoms with Crippen molar-refractivity contribution in [1.82, 2.24) is 0 Å². The molecule has 0 spiro atoms. The Bertz CT molecular complexity index is 365. The first-order valence-corrected chi connectivity index (χ1v) is 4.91. The lowest BCUT2D eigenvalue weighted by atomic mass is 10.0. The van der Waals surface area contributed by atoms with E-state index in [2.05, 4.69) is 0 Å². The molecule has 1 aliphatic heterocycles. The Hall–Kier alpha value is -1.10. The summed E-state index contributed by atoms with van der Waals surface area (Å²) in [7, 11) is 1.59. The van der Waals surface area contributed by atoms with E-state index in [0.29, 0.717) is 19.0 Å². The molecular formula is C11H15NO3. The number of nitrogens with two attached hydrogens (primary N) is 1. The Kier molecular flexibility index (Phi) is 2.90. The minimum absolute atomic E-state index is 0.190. The summed E-state index contributed by atoms with van der Waals surface area (Å²) in [5, 5.41) is 9.73. The van der Waals surface area contributed by atoms with Crippen LogP contribution in [0.5, 0.6) is 5.75 Å². The summed E-state index contributed by atoms with van der Waals surface area (Å²) in [6.45, 7) is 1.41. The van der Waals surface area contributed by atoms with Crippen molar-refractivity contribution in [3.8, 4) is 5.75 Å². The highest BCUT2D eigenvalue weighted by Crippen LogP contribution is 2.31. The number of aliphatic hydroxyl groups excluding tert-OH is 1. The highest BCUT2D eigenvalue weighted by molar-refractivity contribution is 5.44. The van der Waals surface area contributed by atoms with Crippen molar-refractivity contribution in [2.45, 2.75) is 19.3 Å². The van der Waals surface area contributed by atoms with Crippen LogP contribution in [-0.2, 0) is 18.0 Å². The second-order valence-corrected chi connectivity index (χ2v) is 3.61. The molecule has 0 amide bonds. The maximum Gasteiger partial charge on any atom is 0.125 e. The van der Waals surface area contributed by atoms with E-state index in [4.69, 9.17) is 15.2 Å². The van der Waals surface area contributed by atoms with Crippen LogP contribution in [0.15, 0.2) is 12.1 Å². The number of benzene rings is 1. The Morgan fingerprint density at radius 3 is 2.73 bits per heavy atom. The quantitative estimate of drug-likeness (QED) is 0.769. The summed E-state index contributed by atoms with van der Waals surface area (Å²) in [6.07, 6.45) is -0.675. The molecule has 1 heterocycles. The fraction of sp³-hybridized carbons (Fsp3) is 0.455. The van der Waals surface area contributed by atoms with Crippen LogP contribution in [0.25, 0.3) is 0 Å². The standard InChI is InChI=1S/C11H15NO3/c1-14-11-3-8-6-15-5-7(8)2-9(11)10(13)4-12/h2-3,10,13H,4-6,12H2,1H3. The topological polar surface area (TPSA) is 64.7 Å². The minimum Gasteiger partial charge on any atom is -0.496 e. The van der Waals surface area contributed by atoms with E-state index in [1.165, 1.54) is 0 Å². The molecule has 82 valence electrons. The molecule has 1 atom stereocenters. The molecule has 0 fully saturated rings. The van der Waals surface area contributed by atoms with Gasteiger partial charge in [-0.3, -0.25) is 0 Å². The van der Waals surface area contributed by atoms with Crippen molar-refractivity contribution < 1.29 is 14.6 Å². The second-order valence-electron chi connectivity index (χ2n) is 3.61. The minimum atomic E-state index is -0.675. The maximum atomic E-state index is 9.73. The molecule has 2 rings (SSSR count). The van der Waals surface area contributed by atoms with Crippen LogP contribution >= 0.6 is 0 Å². The van der Waals surface area contributed by atoms with Crippen molar-refractivity contribution in [2.24, 2.45) is 5.73 Å². The summed E-state index contributed by atoms with van der Waals surface area (Å²) in [6, 6.07) is 3.83. The van der Waals surface area contributed by atoms with Gasteiger partial charge in [-0.2, -0.15) is 0 Å². The predicted molar refractivity (Wildman–Crippen MR) is 55.5 cm³/mol. The molecule has 0 saturated carbocycles. The van der Waals surface area contributed by atoms with Crippen molar-refractivity contribution in [1.29, 1.82) is 0 Å². The van der Waals surface area contributed by atoms with Gasteiger partial charge in [-0.15, -0.1) is 0 Å². The number of methoxy groups -OCH3 is 1. The Morgan fingerprint density at radius 1 is 1.47 bits per heavy atom. The highest BCUT2D eigenvalue weighted by atomic mass is 16.5. The van der Waals surface area contributed by atoms with Crippen molar-refractivity contribution in [3.05, 3.63) is 28.8 Å². The fourth-order valence-corrected chi connectivity index (χ4v) is 1.79. The van der Waals surface area contributed by atoms with Crippen LogP contribution < -0.4 is 10.5 Å². The molecule has 1 aliphatic rings. The number of hydrogen-bond donors (Lipinski definition) is 2. The lowest BCUT2D eigenvalue weighted by molar-refractivity contribution is 0.134. The predicted octanol–water partition coefficient (Wildman–Crippen LogP) is 0.718. The van der Waals surface area contributed by atoms with E-state index >= 15 is 0 Å². The molecule has 0 saturated heterocycles. The van der Waals surface area contributed by atoms with Gasteiger partial charge in [-0.1, -0.05) is 0 Å². The number of hydrogen-bond acceptors (Lipinski definition) is 4. The molecule has 1 aromatic carbocycles. The lowest BCUT2D eigenvalue weighted by Crippen LogP contribution is -2.13. The van der Waals surface area contributed by atoms with E-state index < -0.39 is 6.10 Å². The summed E-state index contributed by atoms with van der Waals surface area (Å²) >= 11 is 0. The van der Waals surface area contributed by atoms with Crippen LogP contribution in [0, 0.1) is 0 Å². The van der Waals surface area contributed by atoms with Gasteiger partial charge >= 0.3 is 0 Å². The molecular weight excluding hydrogens is 194 g/mol. The molecule has 15 heavy (non-hydrogen) atoms. The van der Waals surface area contributed by atoms with Crippen LogP contribution in [0.3, 0.4) is 0 Å². The normalized spacial score (nSPS) is 16.2. The van der Waals surface area contributed by atoms with Crippen LogP contribution in [-0.4, -0.2) is 18.8 Å². The van der Waals surface area contributed by atoms with Crippen LogP contribution in [0.1, 0.15) is 22.8 Å². The maximum absolute atomic E-state index is 9.73. The third kappa shape index (κ3) is 1.84. The Labute approximate surface area is 88.6 Å². The number of fused-ring (bicyclic) bond motifs is 1. The summed E-state index contributed by atoms with van der Waals surface area (Å²) in [5.41, 5.74) is 8.41. The van der Waals surface area contributed by atoms with Gasteiger partial charge in [0.15, 0.2) is 0 Å². The average molecular weight is 209 g/mol. The summed E-state index contributed by atoms with van der Waals surface area (Å²) in [5.74, 6) is 0.678. The van der Waals surface area contributed by atoms with E-state index in [9.17, 15) is 5.11 Å². The monoisotopic (exact) mass is 209 g/mol. The summed E-state index contributed by atoms with van der Waals surface area (Å²) in [4.78, 5) is 0. The SMILES string of the molecule is COc1cc2c(cc1C(O)CN)COC2. The van der Waals surface area contributed by atoms with Gasteiger partial charge in [-0.05, 0) is 23.3 Å². The molecule has 1 aromatic rings. The highest BCUT2D eigenvalue weighted by Gasteiger charge is 2.18. The molecule has 3 N–H and O–H groups in total. The molecule has 4 heteroatoms. The van der Waals surface area contributed by atoms with Gasteiger partial charge in [0.05, 0.1) is 26.4 Å². The molecule has 4 nitrogen and oxygen atoms in total. The molecule has 0 aliphatic carbocycles. The van der Waals surface area contributed by atoms with Gasteiger partial charge in [0, 0.05) is 12.1 Å². The third-order valence-corrected chi connectivity index (χ3v) is 2.65. The van der Waals surface area contributed by atoms with E-state index in [1.807, 2.05) is 12.1 Å². The third-order valence-electron chi connectivity index (χ3n) is 2.65. The molecule has 1 unspecified atom stereocenters. The second kappa shape index (κ2) is 4.18. The Morgan fingerprint density at radius 2 is 2.13 bits per heavy atom. The largest absolute Gasteiger partial charge is 0.496 e. The van der Waals surface area contributed by atoms with Gasteiger partial charge in [-0.25, -0.2) is 0 Å². The van der Waals surface area contributed by atoms with Crippen LogP contribution in [0.2, 0.25) is 0 Å². The molecule has 0 bridgehead atoms. The first-order chi connectivity index (χ1) is 7.26. The van der Waals surface area contributed by atoms with Crippen molar-refractivity contribution >= 4 is 0 Å². The van der Waals surface area contributed by atoms with Gasteiger partial charge < -0.3 is 20.3 Å². The van der Waals surface area contributed by atoms with Crippen molar-refractivity contribution in [3.63, 3.8) is 0 Å². The number of rotatable bonds is 3. The van der Waals surface area contributed by atoms with Crippen LogP contribution in [0.4, 0.5) is 0 Å². The van der Waals surface area contributed by atoms with Gasteiger partial charge in [0.2, 0.25) is 0 Å². The summed E-state index contributed by atoms with van der Waals surface area (Å²) < 4.78 is 10.5. The van der Waals surface area contributed by atoms with E-state index in [1.54, 1.807) is 7.11 Å². The number of aliphatic hydroxyl groups is 1. The van der Waals surface area contributed by atoms with Gasteiger partial charge in [0.25, 0.3) is 0 Å². The average Bonchev–Trinajstić information content (AvgIpc) is 2.73. The van der Waals surface area contributed by atoms with Gasteiger partial charge in [0.1, 0.15) is 5.75 Å². The first-order valence-electron chi connectivity index (χ1n) is 4.91. The zero-order chi connectivity index (χ0) is 10.8.